The smallest absolute Gasteiger partial charge is 0.367 e. The molecule has 2 aliphatic heterocycles. The summed E-state index contributed by atoms with van der Waals surface area (Å²) >= 11 is 0. The van der Waals surface area contributed by atoms with Crippen LogP contribution in [0, 0.1) is 5.92 Å². The lowest BCUT2D eigenvalue weighted by molar-refractivity contribution is -0.174. The lowest BCUT2D eigenvalue weighted by Gasteiger charge is -2.41. The lowest BCUT2D eigenvalue weighted by atomic mass is 9.85. The molecule has 0 aliphatic carbocycles. The van der Waals surface area contributed by atoms with Crippen LogP contribution in [0.5, 0.6) is 0 Å². The lowest BCUT2D eigenvalue weighted by Crippen LogP contribution is -2.47. The third kappa shape index (κ3) is 4.48. The molecule has 3 atom stereocenters. The van der Waals surface area contributed by atoms with Gasteiger partial charge in [0.25, 0.3) is 0 Å². The van der Waals surface area contributed by atoms with Crippen LogP contribution in [0.15, 0.2) is 30.6 Å². The number of rotatable bonds is 3. The normalized spacial score (nSPS) is 25.6. The van der Waals surface area contributed by atoms with Gasteiger partial charge in [-0.05, 0) is 49.4 Å². The number of fused-ring (bicyclic) bond motifs is 1. The van der Waals surface area contributed by atoms with Gasteiger partial charge in [-0.15, -0.1) is 0 Å². The van der Waals surface area contributed by atoms with Crippen molar-refractivity contribution in [2.45, 2.75) is 70.3 Å². The average molecular weight is 422 g/mol. The standard InChI is InChI=1S/C22H30F3N5/c1-21(2,3)18-12-20-27-17(11-19(22(23,24)25)30(20)28-18)16-5-4-10-29(14-16)13-15-6-8-26-9-7-15/h6-9,12,16-17,19,27H,4-5,10-11,13-14H2,1-3H3/t16?,17-,19+/m1/s1. The number of likely N-dealkylation sites (tertiary alicyclic amines) is 1. The van der Waals surface area contributed by atoms with Crippen molar-refractivity contribution in [3.8, 4) is 0 Å². The van der Waals surface area contributed by atoms with Gasteiger partial charge < -0.3 is 5.32 Å². The maximum Gasteiger partial charge on any atom is 0.410 e. The first-order valence-corrected chi connectivity index (χ1v) is 10.7. The molecule has 1 saturated heterocycles. The van der Waals surface area contributed by atoms with Crippen molar-refractivity contribution >= 4 is 5.82 Å². The molecule has 1 unspecified atom stereocenters. The largest absolute Gasteiger partial charge is 0.410 e. The van der Waals surface area contributed by atoms with Gasteiger partial charge in [-0.2, -0.15) is 18.3 Å². The number of pyridine rings is 1. The number of piperidine rings is 1. The molecule has 4 rings (SSSR count). The summed E-state index contributed by atoms with van der Waals surface area (Å²) in [4.78, 5) is 6.40. The molecule has 1 N–H and O–H groups in total. The van der Waals surface area contributed by atoms with Crippen LogP contribution in [0.3, 0.4) is 0 Å². The van der Waals surface area contributed by atoms with Crippen LogP contribution in [0.4, 0.5) is 19.0 Å². The summed E-state index contributed by atoms with van der Waals surface area (Å²) in [6.45, 7) is 8.49. The molecule has 8 heteroatoms. The number of halogens is 3. The van der Waals surface area contributed by atoms with E-state index in [-0.39, 0.29) is 23.8 Å². The van der Waals surface area contributed by atoms with E-state index in [0.29, 0.717) is 11.5 Å². The van der Waals surface area contributed by atoms with E-state index in [1.165, 1.54) is 5.56 Å². The Balaban J connectivity index is 1.53. The SMILES string of the molecule is CC(C)(C)c1cc2n(n1)[C@H](C(F)(F)F)C[C@H](C1CCCN(Cc3ccncc3)C1)N2. The Morgan fingerprint density at radius 2 is 1.90 bits per heavy atom. The molecule has 30 heavy (non-hydrogen) atoms. The van der Waals surface area contributed by atoms with E-state index in [1.54, 1.807) is 18.5 Å². The molecule has 164 valence electrons. The number of aromatic nitrogens is 3. The number of alkyl halides is 3. The van der Waals surface area contributed by atoms with E-state index in [1.807, 2.05) is 32.9 Å². The minimum Gasteiger partial charge on any atom is -0.367 e. The monoisotopic (exact) mass is 421 g/mol. The van der Waals surface area contributed by atoms with Crippen molar-refractivity contribution in [3.05, 3.63) is 41.9 Å². The van der Waals surface area contributed by atoms with E-state index >= 15 is 0 Å². The molecule has 4 heterocycles. The molecule has 1 fully saturated rings. The van der Waals surface area contributed by atoms with Crippen LogP contribution in [0.25, 0.3) is 0 Å². The van der Waals surface area contributed by atoms with Crippen molar-refractivity contribution in [1.82, 2.24) is 19.7 Å². The van der Waals surface area contributed by atoms with Crippen LogP contribution in [-0.4, -0.2) is 45.0 Å². The Labute approximate surface area is 175 Å². The van der Waals surface area contributed by atoms with E-state index in [4.69, 9.17) is 0 Å². The van der Waals surface area contributed by atoms with Gasteiger partial charge in [0.2, 0.25) is 0 Å². The third-order valence-electron chi connectivity index (χ3n) is 6.25. The molecule has 0 amide bonds. The Kier molecular flexibility index (Phi) is 5.55. The molecular formula is C22H30F3N5. The van der Waals surface area contributed by atoms with Crippen LogP contribution in [-0.2, 0) is 12.0 Å². The van der Waals surface area contributed by atoms with Crippen LogP contribution in [0.1, 0.15) is 57.3 Å². The van der Waals surface area contributed by atoms with Gasteiger partial charge in [0, 0.05) is 43.0 Å². The predicted octanol–water partition coefficient (Wildman–Crippen LogP) is 4.78. The summed E-state index contributed by atoms with van der Waals surface area (Å²) in [5, 5.41) is 7.75. The minimum atomic E-state index is -4.32. The average Bonchev–Trinajstić information content (AvgIpc) is 3.12. The second-order valence-electron chi connectivity index (χ2n) is 9.65. The first-order chi connectivity index (χ1) is 14.1. The van der Waals surface area contributed by atoms with Crippen molar-refractivity contribution in [1.29, 1.82) is 0 Å². The predicted molar refractivity (Wildman–Crippen MR) is 110 cm³/mol. The Hall–Kier alpha value is -2.09. The molecule has 0 spiro atoms. The fourth-order valence-corrected chi connectivity index (χ4v) is 4.59. The Morgan fingerprint density at radius 3 is 2.57 bits per heavy atom. The summed E-state index contributed by atoms with van der Waals surface area (Å²) in [6, 6.07) is 3.99. The molecule has 0 radical (unpaired) electrons. The van der Waals surface area contributed by atoms with E-state index < -0.39 is 12.2 Å². The van der Waals surface area contributed by atoms with Gasteiger partial charge in [0.05, 0.1) is 5.69 Å². The molecule has 0 bridgehead atoms. The highest BCUT2D eigenvalue weighted by Gasteiger charge is 2.48. The topological polar surface area (TPSA) is 46.0 Å². The zero-order chi connectivity index (χ0) is 21.5. The van der Waals surface area contributed by atoms with Gasteiger partial charge in [0.1, 0.15) is 5.82 Å². The van der Waals surface area contributed by atoms with Gasteiger partial charge in [0.15, 0.2) is 6.04 Å². The van der Waals surface area contributed by atoms with Gasteiger partial charge in [-0.25, -0.2) is 4.68 Å². The molecule has 0 saturated carbocycles. The summed E-state index contributed by atoms with van der Waals surface area (Å²) in [7, 11) is 0. The van der Waals surface area contributed by atoms with E-state index in [0.717, 1.165) is 37.2 Å². The van der Waals surface area contributed by atoms with Crippen LogP contribution in [0.2, 0.25) is 0 Å². The zero-order valence-corrected chi connectivity index (χ0v) is 17.8. The fraction of sp³-hybridized carbons (Fsp3) is 0.636. The summed E-state index contributed by atoms with van der Waals surface area (Å²) in [6.07, 6.45) is 1.20. The highest BCUT2D eigenvalue weighted by molar-refractivity contribution is 5.43. The second kappa shape index (κ2) is 7.87. The van der Waals surface area contributed by atoms with E-state index in [9.17, 15) is 13.2 Å². The van der Waals surface area contributed by atoms with Gasteiger partial charge in [-0.3, -0.25) is 9.88 Å². The Morgan fingerprint density at radius 1 is 1.17 bits per heavy atom. The quantitative estimate of drug-likeness (QED) is 0.775. The van der Waals surface area contributed by atoms with Crippen molar-refractivity contribution in [2.24, 2.45) is 5.92 Å². The van der Waals surface area contributed by atoms with Gasteiger partial charge >= 0.3 is 6.18 Å². The molecule has 2 aromatic rings. The van der Waals surface area contributed by atoms with Crippen molar-refractivity contribution < 1.29 is 13.2 Å². The summed E-state index contributed by atoms with van der Waals surface area (Å²) in [5.41, 5.74) is 1.57. The maximum absolute atomic E-state index is 13.9. The maximum atomic E-state index is 13.9. The minimum absolute atomic E-state index is 0.0233. The Bertz CT molecular complexity index is 856. The summed E-state index contributed by atoms with van der Waals surface area (Å²) < 4.78 is 42.9. The van der Waals surface area contributed by atoms with Crippen LogP contribution >= 0.6 is 0 Å². The number of anilines is 1. The first kappa shape index (κ1) is 21.2. The fourth-order valence-electron chi connectivity index (χ4n) is 4.59. The van der Waals surface area contributed by atoms with Crippen LogP contribution < -0.4 is 5.32 Å². The van der Waals surface area contributed by atoms with Crippen molar-refractivity contribution in [3.63, 3.8) is 0 Å². The van der Waals surface area contributed by atoms with Crippen molar-refractivity contribution in [2.75, 3.05) is 18.4 Å². The zero-order valence-electron chi connectivity index (χ0n) is 17.8. The molecule has 5 nitrogen and oxygen atoms in total. The van der Waals surface area contributed by atoms with Gasteiger partial charge in [-0.1, -0.05) is 20.8 Å². The number of nitrogens with one attached hydrogen (secondary N) is 1. The summed E-state index contributed by atoms with van der Waals surface area (Å²) in [5.74, 6) is 0.664. The number of nitrogens with zero attached hydrogens (tertiary/aromatic N) is 4. The molecule has 2 aliphatic rings. The third-order valence-corrected chi connectivity index (χ3v) is 6.25. The number of hydrogen-bond donors (Lipinski definition) is 1. The molecule has 0 aromatic carbocycles. The highest BCUT2D eigenvalue weighted by atomic mass is 19.4. The highest BCUT2D eigenvalue weighted by Crippen LogP contribution is 2.43. The van der Waals surface area contributed by atoms with E-state index in [2.05, 4.69) is 20.3 Å². The first-order valence-electron chi connectivity index (χ1n) is 10.7. The number of hydrogen-bond acceptors (Lipinski definition) is 4. The molecule has 2 aromatic heterocycles. The second-order valence-corrected chi connectivity index (χ2v) is 9.65. The molecular weight excluding hydrogens is 391 g/mol.